The fourth-order valence-corrected chi connectivity index (χ4v) is 3.94. The van der Waals surface area contributed by atoms with Crippen LogP contribution in [-0.4, -0.2) is 11.7 Å². The number of carbonyl (C=O) groups excluding carboxylic acids is 2. The molecule has 114 valence electrons. The zero-order chi connectivity index (χ0) is 15.6. The van der Waals surface area contributed by atoms with Crippen molar-refractivity contribution in [1.82, 2.24) is 5.32 Å². The maximum absolute atomic E-state index is 12.6. The molecule has 0 aliphatic heterocycles. The molecule has 0 spiro atoms. The number of nitrogens with one attached hydrogen (secondary N) is 1. The van der Waals surface area contributed by atoms with Gasteiger partial charge in [-0.05, 0) is 31.4 Å². The first kappa shape index (κ1) is 15.0. The Morgan fingerprint density at radius 2 is 1.82 bits per heavy atom. The second kappa shape index (κ2) is 6.05. The SMILES string of the molecule is CC(=O)c1cc(C(=O)NC2(c3ccccc3)CCCC2)cs1. The Kier molecular flexibility index (Phi) is 4.12. The number of carbonyl (C=O) groups is 2. The fraction of sp³-hybridized carbons (Fsp3) is 0.333. The largest absolute Gasteiger partial charge is 0.342 e. The highest BCUT2D eigenvalue weighted by atomic mass is 32.1. The predicted molar refractivity (Wildman–Crippen MR) is 88.4 cm³/mol. The molecule has 1 fully saturated rings. The maximum Gasteiger partial charge on any atom is 0.252 e. The van der Waals surface area contributed by atoms with Gasteiger partial charge in [0.25, 0.3) is 5.91 Å². The maximum atomic E-state index is 12.6. The molecule has 1 aliphatic carbocycles. The molecule has 22 heavy (non-hydrogen) atoms. The van der Waals surface area contributed by atoms with E-state index in [0.717, 1.165) is 25.7 Å². The van der Waals surface area contributed by atoms with E-state index in [2.05, 4.69) is 17.4 Å². The topological polar surface area (TPSA) is 46.2 Å². The third kappa shape index (κ3) is 2.83. The van der Waals surface area contributed by atoms with Crippen LogP contribution in [0, 0.1) is 0 Å². The van der Waals surface area contributed by atoms with Crippen LogP contribution in [0.1, 0.15) is 58.2 Å². The average Bonchev–Trinajstić information content (AvgIpc) is 3.18. The molecule has 0 unspecified atom stereocenters. The van der Waals surface area contributed by atoms with Crippen molar-refractivity contribution in [3.63, 3.8) is 0 Å². The summed E-state index contributed by atoms with van der Waals surface area (Å²) >= 11 is 1.33. The molecule has 0 radical (unpaired) electrons. The third-order valence-electron chi connectivity index (χ3n) is 4.34. The molecule has 1 heterocycles. The van der Waals surface area contributed by atoms with Crippen LogP contribution in [0.2, 0.25) is 0 Å². The van der Waals surface area contributed by atoms with E-state index in [1.165, 1.54) is 23.8 Å². The van der Waals surface area contributed by atoms with Crippen LogP contribution < -0.4 is 5.32 Å². The Balaban J connectivity index is 1.85. The van der Waals surface area contributed by atoms with Crippen LogP contribution in [0.4, 0.5) is 0 Å². The Morgan fingerprint density at radius 1 is 1.14 bits per heavy atom. The highest BCUT2D eigenvalue weighted by Crippen LogP contribution is 2.39. The molecule has 1 aliphatic rings. The van der Waals surface area contributed by atoms with Gasteiger partial charge in [-0.2, -0.15) is 0 Å². The van der Waals surface area contributed by atoms with Crippen molar-refractivity contribution >= 4 is 23.0 Å². The summed E-state index contributed by atoms with van der Waals surface area (Å²) in [7, 11) is 0. The van der Waals surface area contributed by atoms with Gasteiger partial charge in [0.15, 0.2) is 5.78 Å². The molecule has 3 rings (SSSR count). The van der Waals surface area contributed by atoms with Gasteiger partial charge >= 0.3 is 0 Å². The van der Waals surface area contributed by atoms with Crippen molar-refractivity contribution in [2.45, 2.75) is 38.1 Å². The molecular weight excluding hydrogens is 294 g/mol. The van der Waals surface area contributed by atoms with Crippen LogP contribution in [0.3, 0.4) is 0 Å². The second-order valence-corrected chi connectivity index (χ2v) is 6.78. The van der Waals surface area contributed by atoms with Crippen molar-refractivity contribution in [2.75, 3.05) is 0 Å². The number of ketones is 1. The lowest BCUT2D eigenvalue weighted by Gasteiger charge is -2.31. The molecule has 1 saturated carbocycles. The summed E-state index contributed by atoms with van der Waals surface area (Å²) in [6.07, 6.45) is 4.17. The number of hydrogen-bond donors (Lipinski definition) is 1. The van der Waals surface area contributed by atoms with Crippen molar-refractivity contribution in [2.24, 2.45) is 0 Å². The van der Waals surface area contributed by atoms with E-state index in [4.69, 9.17) is 0 Å². The first-order chi connectivity index (χ1) is 10.6. The second-order valence-electron chi connectivity index (χ2n) is 5.87. The third-order valence-corrected chi connectivity index (χ3v) is 5.38. The van der Waals surface area contributed by atoms with E-state index in [1.54, 1.807) is 11.4 Å². The molecule has 1 aromatic heterocycles. The van der Waals surface area contributed by atoms with E-state index in [-0.39, 0.29) is 17.2 Å². The van der Waals surface area contributed by atoms with E-state index >= 15 is 0 Å². The molecule has 0 atom stereocenters. The Bertz CT molecular complexity index is 684. The predicted octanol–water partition coefficient (Wildman–Crippen LogP) is 4.15. The van der Waals surface area contributed by atoms with Gasteiger partial charge < -0.3 is 5.32 Å². The summed E-state index contributed by atoms with van der Waals surface area (Å²) in [6, 6.07) is 11.9. The van der Waals surface area contributed by atoms with E-state index in [0.29, 0.717) is 10.4 Å². The number of benzene rings is 1. The minimum Gasteiger partial charge on any atom is -0.342 e. The van der Waals surface area contributed by atoms with Crippen LogP contribution in [0.5, 0.6) is 0 Å². The standard InChI is InChI=1S/C18H19NO2S/c1-13(20)16-11-14(12-22-16)17(21)19-18(9-5-6-10-18)15-7-3-2-4-8-15/h2-4,7-8,11-12H,5-6,9-10H2,1H3,(H,19,21). The van der Waals surface area contributed by atoms with E-state index in [9.17, 15) is 9.59 Å². The molecule has 0 bridgehead atoms. The van der Waals surface area contributed by atoms with Gasteiger partial charge in [0, 0.05) is 5.38 Å². The van der Waals surface area contributed by atoms with Crippen molar-refractivity contribution in [3.8, 4) is 0 Å². The Labute approximate surface area is 134 Å². The van der Waals surface area contributed by atoms with Crippen LogP contribution in [0.15, 0.2) is 41.8 Å². The van der Waals surface area contributed by atoms with Crippen LogP contribution in [0.25, 0.3) is 0 Å². The van der Waals surface area contributed by atoms with Crippen LogP contribution >= 0.6 is 11.3 Å². The lowest BCUT2D eigenvalue weighted by molar-refractivity contribution is 0.0898. The van der Waals surface area contributed by atoms with Crippen LogP contribution in [-0.2, 0) is 5.54 Å². The molecular formula is C18H19NO2S. The summed E-state index contributed by atoms with van der Waals surface area (Å²) in [6.45, 7) is 1.52. The zero-order valence-electron chi connectivity index (χ0n) is 12.6. The van der Waals surface area contributed by atoms with Gasteiger partial charge in [0.05, 0.1) is 16.0 Å². The molecule has 1 aromatic carbocycles. The number of hydrogen-bond acceptors (Lipinski definition) is 3. The van der Waals surface area contributed by atoms with Gasteiger partial charge in [0.2, 0.25) is 0 Å². The van der Waals surface area contributed by atoms with Crippen molar-refractivity contribution in [1.29, 1.82) is 0 Å². The summed E-state index contributed by atoms with van der Waals surface area (Å²) < 4.78 is 0. The van der Waals surface area contributed by atoms with E-state index < -0.39 is 0 Å². The lowest BCUT2D eigenvalue weighted by Crippen LogP contribution is -2.43. The Morgan fingerprint density at radius 3 is 2.41 bits per heavy atom. The molecule has 1 amide bonds. The Hall–Kier alpha value is -1.94. The first-order valence-electron chi connectivity index (χ1n) is 7.58. The normalized spacial score (nSPS) is 16.4. The summed E-state index contributed by atoms with van der Waals surface area (Å²) in [5, 5.41) is 5.00. The minimum atomic E-state index is -0.267. The number of rotatable bonds is 4. The molecule has 2 aromatic rings. The molecule has 0 saturated heterocycles. The van der Waals surface area contributed by atoms with Gasteiger partial charge in [-0.25, -0.2) is 0 Å². The van der Waals surface area contributed by atoms with Crippen molar-refractivity contribution in [3.05, 3.63) is 57.8 Å². The van der Waals surface area contributed by atoms with Crippen molar-refractivity contribution < 1.29 is 9.59 Å². The number of amides is 1. The number of thiophene rings is 1. The molecule has 1 N–H and O–H groups in total. The first-order valence-corrected chi connectivity index (χ1v) is 8.46. The highest BCUT2D eigenvalue weighted by molar-refractivity contribution is 7.12. The monoisotopic (exact) mass is 313 g/mol. The fourth-order valence-electron chi connectivity index (χ4n) is 3.15. The van der Waals surface area contributed by atoms with Gasteiger partial charge in [-0.3, -0.25) is 9.59 Å². The number of Topliss-reactive ketones (excluding diaryl/α,β-unsaturated/α-hetero) is 1. The lowest BCUT2D eigenvalue weighted by atomic mass is 9.88. The summed E-state index contributed by atoms with van der Waals surface area (Å²) in [5.74, 6) is -0.0859. The zero-order valence-corrected chi connectivity index (χ0v) is 13.4. The van der Waals surface area contributed by atoms with Gasteiger partial charge in [-0.1, -0.05) is 43.2 Å². The van der Waals surface area contributed by atoms with E-state index in [1.807, 2.05) is 18.2 Å². The molecule has 4 heteroatoms. The molecule has 3 nitrogen and oxygen atoms in total. The summed E-state index contributed by atoms with van der Waals surface area (Å²) in [5.41, 5.74) is 1.48. The highest BCUT2D eigenvalue weighted by Gasteiger charge is 2.37. The summed E-state index contributed by atoms with van der Waals surface area (Å²) in [4.78, 5) is 24.6. The minimum absolute atomic E-state index is 0.00249. The van der Waals surface area contributed by atoms with Gasteiger partial charge in [0.1, 0.15) is 0 Å². The quantitative estimate of drug-likeness (QED) is 0.862. The smallest absolute Gasteiger partial charge is 0.252 e. The van der Waals surface area contributed by atoms with Gasteiger partial charge in [-0.15, -0.1) is 11.3 Å². The average molecular weight is 313 g/mol.